The van der Waals surface area contributed by atoms with Crippen LogP contribution in [0.15, 0.2) is 42.3 Å². The van der Waals surface area contributed by atoms with Crippen LogP contribution in [0.5, 0.6) is 5.75 Å². The number of fused-ring (bicyclic) bond motifs is 1. The second kappa shape index (κ2) is 9.28. The van der Waals surface area contributed by atoms with Gasteiger partial charge in [0.15, 0.2) is 0 Å². The number of rotatable bonds is 5. The van der Waals surface area contributed by atoms with Crippen LogP contribution < -0.4 is 26.2 Å². The quantitative estimate of drug-likeness (QED) is 0.566. The van der Waals surface area contributed by atoms with Crippen molar-refractivity contribution in [2.24, 2.45) is 5.73 Å². The molecular weight excluding hydrogens is 412 g/mol. The maximum Gasteiger partial charge on any atom is 0.258 e. The van der Waals surface area contributed by atoms with Gasteiger partial charge < -0.3 is 20.9 Å². The van der Waals surface area contributed by atoms with E-state index in [9.17, 15) is 9.90 Å². The molecule has 0 radical (unpaired) electrons. The van der Waals surface area contributed by atoms with E-state index in [0.29, 0.717) is 35.4 Å². The number of aliphatic hydroxyl groups is 1. The van der Waals surface area contributed by atoms with Crippen LogP contribution in [0.3, 0.4) is 0 Å². The number of carbonyl (C=O) groups excluding carboxylic acids is 1. The molecule has 2 aromatic heterocycles. The van der Waals surface area contributed by atoms with E-state index in [0.717, 1.165) is 28.0 Å². The maximum absolute atomic E-state index is 13.1. The fraction of sp³-hybridized carbons (Fsp3) is 0.261. The monoisotopic (exact) mass is 436 g/mol. The smallest absolute Gasteiger partial charge is 0.258 e. The molecule has 1 saturated carbocycles. The molecule has 0 aliphatic heterocycles. The van der Waals surface area contributed by atoms with E-state index < -0.39 is 0 Å². The number of carbonyl (C=O) groups is 1. The lowest BCUT2D eigenvalue weighted by Crippen LogP contribution is -2.29. The van der Waals surface area contributed by atoms with Gasteiger partial charge in [-0.2, -0.15) is 0 Å². The zero-order valence-corrected chi connectivity index (χ0v) is 17.8. The molecule has 8 heteroatoms. The standard InChI is InChI=1S/C23H24N4O3S/c1-14-9-20(30-17-6-4-16(28)5-7-17)19(10-15(14)3-2-8-24)27-23(29)18-12-31-21-11-25-13-26-22(18)21/h2-3,8-13,16-17,28H,1,4-7,24H2,(H,27,29)/b8-2-,15-3-/t16-,17+. The number of amides is 1. The number of aromatic nitrogens is 2. The predicted molar refractivity (Wildman–Crippen MR) is 123 cm³/mol. The lowest BCUT2D eigenvalue weighted by molar-refractivity contribution is 0.0668. The first-order chi connectivity index (χ1) is 15.0. The number of nitrogens with two attached hydrogens (primary N) is 1. The van der Waals surface area contributed by atoms with Crippen molar-refractivity contribution >= 4 is 45.8 Å². The minimum atomic E-state index is -0.272. The van der Waals surface area contributed by atoms with Crippen molar-refractivity contribution < 1.29 is 14.6 Å². The first-order valence-corrected chi connectivity index (χ1v) is 11.0. The molecule has 0 unspecified atom stereocenters. The van der Waals surface area contributed by atoms with Gasteiger partial charge in [-0.1, -0.05) is 12.7 Å². The molecule has 1 aromatic carbocycles. The summed E-state index contributed by atoms with van der Waals surface area (Å²) in [7, 11) is 0. The molecule has 4 N–H and O–H groups in total. The predicted octanol–water partition coefficient (Wildman–Crippen LogP) is 2.29. The van der Waals surface area contributed by atoms with Gasteiger partial charge in [0.25, 0.3) is 5.91 Å². The largest absolute Gasteiger partial charge is 0.488 e. The normalized spacial score (nSPS) is 19.7. The molecule has 1 aliphatic rings. The molecule has 3 aromatic rings. The van der Waals surface area contributed by atoms with Crippen molar-refractivity contribution in [3.63, 3.8) is 0 Å². The van der Waals surface area contributed by atoms with Gasteiger partial charge in [-0.25, -0.2) is 9.97 Å². The Kier molecular flexibility index (Phi) is 6.29. The van der Waals surface area contributed by atoms with Crippen LogP contribution in [-0.2, 0) is 0 Å². The topological polar surface area (TPSA) is 110 Å². The summed E-state index contributed by atoms with van der Waals surface area (Å²) in [5.41, 5.74) is 7.12. The number of hydrogen-bond acceptors (Lipinski definition) is 7. The van der Waals surface area contributed by atoms with Crippen LogP contribution in [0.1, 0.15) is 36.0 Å². The van der Waals surface area contributed by atoms with Crippen molar-refractivity contribution in [2.75, 3.05) is 5.32 Å². The minimum absolute atomic E-state index is 0.0214. The Morgan fingerprint density at radius 1 is 1.32 bits per heavy atom. The van der Waals surface area contributed by atoms with E-state index in [1.165, 1.54) is 23.9 Å². The zero-order valence-electron chi connectivity index (χ0n) is 17.0. The summed E-state index contributed by atoms with van der Waals surface area (Å²) in [6.07, 6.45) is 10.7. The average Bonchev–Trinajstić information content (AvgIpc) is 3.20. The Morgan fingerprint density at radius 3 is 2.90 bits per heavy atom. The summed E-state index contributed by atoms with van der Waals surface area (Å²) in [5, 5.41) is 16.1. The third kappa shape index (κ3) is 4.76. The van der Waals surface area contributed by atoms with Crippen LogP contribution in [0.4, 0.5) is 5.69 Å². The third-order valence-electron chi connectivity index (χ3n) is 5.30. The van der Waals surface area contributed by atoms with Gasteiger partial charge in [0.2, 0.25) is 0 Å². The van der Waals surface area contributed by atoms with Crippen LogP contribution in [0, 0.1) is 0 Å². The van der Waals surface area contributed by atoms with E-state index in [1.807, 2.05) is 18.2 Å². The van der Waals surface area contributed by atoms with Crippen LogP contribution >= 0.6 is 11.3 Å². The van der Waals surface area contributed by atoms with E-state index in [1.54, 1.807) is 17.7 Å². The lowest BCUT2D eigenvalue weighted by Gasteiger charge is -2.27. The van der Waals surface area contributed by atoms with E-state index in [4.69, 9.17) is 10.5 Å². The second-order valence-electron chi connectivity index (χ2n) is 7.49. The zero-order chi connectivity index (χ0) is 21.8. The summed E-state index contributed by atoms with van der Waals surface area (Å²) in [6, 6.07) is 3.65. The summed E-state index contributed by atoms with van der Waals surface area (Å²) in [6.45, 7) is 4.10. The number of allylic oxidation sites excluding steroid dienone is 1. The minimum Gasteiger partial charge on any atom is -0.488 e. The molecule has 0 spiro atoms. The molecule has 31 heavy (non-hydrogen) atoms. The number of benzene rings is 1. The first-order valence-electron chi connectivity index (χ1n) is 10.1. The highest BCUT2D eigenvalue weighted by atomic mass is 32.1. The Hall–Kier alpha value is -3.23. The van der Waals surface area contributed by atoms with E-state index in [2.05, 4.69) is 21.9 Å². The fourth-order valence-electron chi connectivity index (χ4n) is 3.63. The van der Waals surface area contributed by atoms with Crippen LogP contribution in [0.2, 0.25) is 0 Å². The number of thiophene rings is 1. The third-order valence-corrected chi connectivity index (χ3v) is 6.20. The number of ether oxygens (including phenoxy) is 1. The number of nitrogens with zero attached hydrogens (tertiary/aromatic N) is 2. The maximum atomic E-state index is 13.1. The molecule has 1 fully saturated rings. The second-order valence-corrected chi connectivity index (χ2v) is 8.40. The van der Waals surface area contributed by atoms with Gasteiger partial charge in [0, 0.05) is 11.6 Å². The van der Waals surface area contributed by atoms with Gasteiger partial charge in [-0.15, -0.1) is 11.3 Å². The van der Waals surface area contributed by atoms with Crippen molar-refractivity contribution in [3.05, 3.63) is 58.3 Å². The van der Waals surface area contributed by atoms with Crippen molar-refractivity contribution in [1.82, 2.24) is 9.97 Å². The summed E-state index contributed by atoms with van der Waals surface area (Å²) < 4.78 is 7.08. The first kappa shape index (κ1) is 21.0. The summed E-state index contributed by atoms with van der Waals surface area (Å²) >= 11 is 1.42. The highest BCUT2D eigenvalue weighted by molar-refractivity contribution is 7.17. The Balaban J connectivity index is 1.68. The highest BCUT2D eigenvalue weighted by Gasteiger charge is 2.22. The molecule has 2 heterocycles. The molecule has 1 aliphatic carbocycles. The Bertz CT molecular complexity index is 1230. The van der Waals surface area contributed by atoms with Crippen molar-refractivity contribution in [1.29, 1.82) is 0 Å². The van der Waals surface area contributed by atoms with Gasteiger partial charge in [0.1, 0.15) is 12.1 Å². The number of aliphatic hydroxyl groups excluding tert-OH is 1. The number of anilines is 1. The number of nitrogens with one attached hydrogen (secondary N) is 1. The SMILES string of the molecule is C=c1cc(O[C@H]2CC[C@@H](O)CC2)c(NC(=O)c2csc3cncnc23)c/c1=C/C=C\N. The molecule has 160 valence electrons. The fourth-order valence-corrected chi connectivity index (χ4v) is 4.48. The average molecular weight is 437 g/mol. The molecule has 0 atom stereocenters. The molecular formula is C23H24N4O3S. The van der Waals surface area contributed by atoms with E-state index >= 15 is 0 Å². The van der Waals surface area contributed by atoms with Crippen LogP contribution in [-0.4, -0.2) is 33.2 Å². The highest BCUT2D eigenvalue weighted by Crippen LogP contribution is 2.29. The van der Waals surface area contributed by atoms with Gasteiger partial charge in [0.05, 0.1) is 33.7 Å². The molecule has 7 nitrogen and oxygen atoms in total. The summed E-state index contributed by atoms with van der Waals surface area (Å²) in [4.78, 5) is 21.3. The molecule has 4 rings (SSSR count). The molecule has 0 saturated heterocycles. The van der Waals surface area contributed by atoms with Gasteiger partial charge in [-0.05, 0) is 60.5 Å². The Morgan fingerprint density at radius 2 is 2.13 bits per heavy atom. The Labute approximate surface area is 183 Å². The van der Waals surface area contributed by atoms with E-state index in [-0.39, 0.29) is 18.1 Å². The van der Waals surface area contributed by atoms with Gasteiger partial charge >= 0.3 is 0 Å². The van der Waals surface area contributed by atoms with Crippen LogP contribution in [0.25, 0.3) is 22.9 Å². The van der Waals surface area contributed by atoms with Gasteiger partial charge in [-0.3, -0.25) is 4.79 Å². The molecule has 1 amide bonds. The van der Waals surface area contributed by atoms with Crippen molar-refractivity contribution in [3.8, 4) is 5.75 Å². The summed E-state index contributed by atoms with van der Waals surface area (Å²) in [5.74, 6) is 0.286. The van der Waals surface area contributed by atoms with Crippen molar-refractivity contribution in [2.45, 2.75) is 37.9 Å². The lowest BCUT2D eigenvalue weighted by atomic mass is 9.95. The number of hydrogen-bond donors (Lipinski definition) is 3. The molecule has 0 bridgehead atoms.